The van der Waals surface area contributed by atoms with E-state index in [2.05, 4.69) is 41.0 Å². The lowest BCUT2D eigenvalue weighted by molar-refractivity contribution is -0.126. The molecule has 0 radical (unpaired) electrons. The second kappa shape index (κ2) is 8.63. The minimum Gasteiger partial charge on any atom is -0.395 e. The molecule has 1 aliphatic carbocycles. The van der Waals surface area contributed by atoms with Gasteiger partial charge in [-0.05, 0) is 30.9 Å². The van der Waals surface area contributed by atoms with E-state index in [4.69, 9.17) is 0 Å². The second-order valence-corrected chi connectivity index (χ2v) is 7.33. The number of carbonyl (C=O) groups is 1. The highest BCUT2D eigenvalue weighted by Crippen LogP contribution is 2.32. The molecule has 4 heteroatoms. The molecule has 1 amide bonds. The molecule has 1 heterocycles. The molecule has 1 saturated heterocycles. The first kappa shape index (κ1) is 18.2. The van der Waals surface area contributed by atoms with Gasteiger partial charge in [0.25, 0.3) is 0 Å². The van der Waals surface area contributed by atoms with E-state index in [1.54, 1.807) is 0 Å². The summed E-state index contributed by atoms with van der Waals surface area (Å²) in [7, 11) is 0. The number of allylic oxidation sites excluding steroid dienone is 1. The summed E-state index contributed by atoms with van der Waals surface area (Å²) in [4.78, 5) is 12.4. The lowest BCUT2D eigenvalue weighted by Gasteiger charge is -2.46. The summed E-state index contributed by atoms with van der Waals surface area (Å²) in [6.07, 6.45) is 9.77. The number of hydrogen-bond acceptors (Lipinski definition) is 3. The molecule has 1 aromatic carbocycles. The van der Waals surface area contributed by atoms with E-state index in [0.717, 1.165) is 12.8 Å². The first-order valence-corrected chi connectivity index (χ1v) is 9.60. The monoisotopic (exact) mass is 342 g/mol. The number of carbonyl (C=O) groups excluding carboxylic acids is 1. The van der Waals surface area contributed by atoms with Crippen molar-refractivity contribution in [2.24, 2.45) is 5.92 Å². The van der Waals surface area contributed by atoms with Crippen LogP contribution in [0.2, 0.25) is 0 Å². The van der Waals surface area contributed by atoms with Gasteiger partial charge in [0.15, 0.2) is 0 Å². The average Bonchev–Trinajstić information content (AvgIpc) is 2.63. The number of hydrogen-bond donors (Lipinski definition) is 3. The zero-order valence-electron chi connectivity index (χ0n) is 15.1. The predicted octanol–water partition coefficient (Wildman–Crippen LogP) is 2.83. The molecule has 0 bridgehead atoms. The molecule has 2 aliphatic rings. The molecule has 25 heavy (non-hydrogen) atoms. The summed E-state index contributed by atoms with van der Waals surface area (Å²) in [5.74, 6) is 0.647. The Hall–Kier alpha value is -1.65. The Kier molecular flexibility index (Phi) is 6.27. The summed E-state index contributed by atoms with van der Waals surface area (Å²) in [6.45, 7) is 2.76. The Morgan fingerprint density at radius 3 is 2.56 bits per heavy atom. The normalized spacial score (nSPS) is 27.2. The maximum atomic E-state index is 12.4. The molecule has 0 unspecified atom stereocenters. The van der Waals surface area contributed by atoms with Crippen LogP contribution in [-0.4, -0.2) is 36.2 Å². The lowest BCUT2D eigenvalue weighted by Crippen LogP contribution is -2.64. The molecule has 4 nitrogen and oxygen atoms in total. The number of nitrogens with one attached hydrogen (secondary N) is 2. The number of amides is 1. The van der Waals surface area contributed by atoms with Gasteiger partial charge in [0.05, 0.1) is 6.61 Å². The van der Waals surface area contributed by atoms with Crippen molar-refractivity contribution in [1.82, 2.24) is 10.6 Å². The summed E-state index contributed by atoms with van der Waals surface area (Å²) >= 11 is 0. The Labute approximate surface area is 150 Å². The Balaban J connectivity index is 1.58. The van der Waals surface area contributed by atoms with E-state index < -0.39 is 0 Å². The fourth-order valence-electron chi connectivity index (χ4n) is 4.20. The molecule has 1 aromatic rings. The Morgan fingerprint density at radius 1 is 1.20 bits per heavy atom. The maximum absolute atomic E-state index is 12.4. The van der Waals surface area contributed by atoms with Gasteiger partial charge in [-0.1, -0.05) is 55.7 Å². The van der Waals surface area contributed by atoms with Crippen LogP contribution in [0, 0.1) is 5.92 Å². The number of aliphatic hydroxyl groups excluding tert-OH is 1. The Bertz CT molecular complexity index is 590. The minimum atomic E-state index is 0.0733. The highest BCUT2D eigenvalue weighted by atomic mass is 16.3. The molecule has 3 N–H and O–H groups in total. The van der Waals surface area contributed by atoms with Crippen LogP contribution in [-0.2, 0) is 4.79 Å². The molecule has 3 atom stereocenters. The van der Waals surface area contributed by atoms with Crippen molar-refractivity contribution in [3.05, 3.63) is 41.5 Å². The van der Waals surface area contributed by atoms with Crippen molar-refractivity contribution in [2.75, 3.05) is 13.2 Å². The second-order valence-electron chi connectivity index (χ2n) is 7.33. The van der Waals surface area contributed by atoms with Gasteiger partial charge in [-0.3, -0.25) is 4.79 Å². The van der Waals surface area contributed by atoms with Crippen LogP contribution in [0.1, 0.15) is 56.1 Å². The van der Waals surface area contributed by atoms with Crippen LogP contribution in [0.5, 0.6) is 0 Å². The third-order valence-electron chi connectivity index (χ3n) is 5.64. The van der Waals surface area contributed by atoms with Gasteiger partial charge in [0.1, 0.15) is 0 Å². The first-order chi connectivity index (χ1) is 12.2. The van der Waals surface area contributed by atoms with E-state index >= 15 is 0 Å². The van der Waals surface area contributed by atoms with Crippen molar-refractivity contribution in [2.45, 2.75) is 57.0 Å². The molecule has 2 fully saturated rings. The van der Waals surface area contributed by atoms with Gasteiger partial charge in [-0.15, -0.1) is 0 Å². The van der Waals surface area contributed by atoms with Crippen LogP contribution in [0.3, 0.4) is 0 Å². The molecular weight excluding hydrogens is 312 g/mol. The SMILES string of the molecule is C/C=C/c1ccc([C@H]2[C@@H](CO)N[C@@H]2CNC(=O)C2CCCCC2)cc1. The van der Waals surface area contributed by atoms with E-state index in [0.29, 0.717) is 6.54 Å². The quantitative estimate of drug-likeness (QED) is 0.745. The highest BCUT2D eigenvalue weighted by molar-refractivity contribution is 5.78. The van der Waals surface area contributed by atoms with E-state index in [9.17, 15) is 9.90 Å². The van der Waals surface area contributed by atoms with E-state index in [1.807, 2.05) is 13.0 Å². The number of rotatable bonds is 6. The van der Waals surface area contributed by atoms with Gasteiger partial charge >= 0.3 is 0 Å². The number of benzene rings is 1. The molecule has 3 rings (SSSR count). The van der Waals surface area contributed by atoms with Crippen molar-refractivity contribution in [3.63, 3.8) is 0 Å². The molecule has 1 aliphatic heterocycles. The van der Waals surface area contributed by atoms with Crippen molar-refractivity contribution >= 4 is 12.0 Å². The standard InChI is InChI=1S/C21H30N2O2/c1-2-6-15-9-11-16(12-10-15)20-18(23-19(20)14-24)13-22-21(25)17-7-4-3-5-8-17/h2,6,9-12,17-20,23-24H,3-5,7-8,13-14H2,1H3,(H,22,25)/b6-2+/t18-,19-,20-/m1/s1. The van der Waals surface area contributed by atoms with Gasteiger partial charge in [-0.25, -0.2) is 0 Å². The smallest absolute Gasteiger partial charge is 0.223 e. The van der Waals surface area contributed by atoms with E-state index in [1.165, 1.54) is 30.4 Å². The van der Waals surface area contributed by atoms with Crippen LogP contribution in [0.4, 0.5) is 0 Å². The van der Waals surface area contributed by atoms with Crippen LogP contribution < -0.4 is 10.6 Å². The molecular formula is C21H30N2O2. The Morgan fingerprint density at radius 2 is 1.92 bits per heavy atom. The van der Waals surface area contributed by atoms with Crippen LogP contribution >= 0.6 is 0 Å². The molecule has 136 valence electrons. The summed E-state index contributed by atoms with van der Waals surface area (Å²) in [5.41, 5.74) is 2.41. The molecule has 0 aromatic heterocycles. The van der Waals surface area contributed by atoms with Crippen molar-refractivity contribution in [3.8, 4) is 0 Å². The van der Waals surface area contributed by atoms with Gasteiger partial charge in [0.2, 0.25) is 5.91 Å². The topological polar surface area (TPSA) is 61.4 Å². The third kappa shape index (κ3) is 4.31. The molecule has 1 saturated carbocycles. The van der Waals surface area contributed by atoms with Crippen molar-refractivity contribution < 1.29 is 9.90 Å². The van der Waals surface area contributed by atoms with Gasteiger partial charge in [-0.2, -0.15) is 0 Å². The van der Waals surface area contributed by atoms with E-state index in [-0.39, 0.29) is 36.4 Å². The predicted molar refractivity (Wildman–Crippen MR) is 101 cm³/mol. The zero-order chi connectivity index (χ0) is 17.6. The lowest BCUT2D eigenvalue weighted by atomic mass is 9.77. The molecule has 0 spiro atoms. The fraction of sp³-hybridized carbons (Fsp3) is 0.571. The van der Waals surface area contributed by atoms with Crippen LogP contribution in [0.15, 0.2) is 30.3 Å². The third-order valence-corrected chi connectivity index (χ3v) is 5.64. The first-order valence-electron chi connectivity index (χ1n) is 9.60. The number of aliphatic hydroxyl groups is 1. The fourth-order valence-corrected chi connectivity index (χ4v) is 4.20. The highest BCUT2D eigenvalue weighted by Gasteiger charge is 2.41. The summed E-state index contributed by atoms with van der Waals surface area (Å²) < 4.78 is 0. The summed E-state index contributed by atoms with van der Waals surface area (Å²) in [6, 6.07) is 8.76. The minimum absolute atomic E-state index is 0.0733. The largest absolute Gasteiger partial charge is 0.395 e. The summed E-state index contributed by atoms with van der Waals surface area (Å²) in [5, 5.41) is 16.1. The average molecular weight is 342 g/mol. The van der Waals surface area contributed by atoms with Crippen molar-refractivity contribution in [1.29, 1.82) is 0 Å². The van der Waals surface area contributed by atoms with Crippen LogP contribution in [0.25, 0.3) is 6.08 Å². The maximum Gasteiger partial charge on any atom is 0.223 e. The van der Waals surface area contributed by atoms with Gasteiger partial charge in [0, 0.05) is 30.5 Å². The zero-order valence-corrected chi connectivity index (χ0v) is 15.1. The van der Waals surface area contributed by atoms with Gasteiger partial charge < -0.3 is 15.7 Å².